The number of hydrogen-bond donors (Lipinski definition) is 0. The van der Waals surface area contributed by atoms with Crippen molar-refractivity contribution in [1.29, 1.82) is 0 Å². The number of ether oxygens (including phenoxy) is 1. The first kappa shape index (κ1) is 17.6. The molecular weight excluding hydrogens is 353 g/mol. The summed E-state index contributed by atoms with van der Waals surface area (Å²) in [6.07, 6.45) is 3.62. The van der Waals surface area contributed by atoms with Crippen molar-refractivity contribution in [3.63, 3.8) is 0 Å². The van der Waals surface area contributed by atoms with Gasteiger partial charge in [-0.15, -0.1) is 0 Å². The van der Waals surface area contributed by atoms with Crippen molar-refractivity contribution in [2.75, 3.05) is 19.7 Å². The van der Waals surface area contributed by atoms with Gasteiger partial charge in [0.2, 0.25) is 10.0 Å². The van der Waals surface area contributed by atoms with Crippen LogP contribution in [0.3, 0.4) is 0 Å². The number of fused-ring (bicyclic) bond motifs is 1. The third-order valence-electron chi connectivity index (χ3n) is 5.24. The molecule has 0 spiro atoms. The van der Waals surface area contributed by atoms with Gasteiger partial charge in [-0.3, -0.25) is 0 Å². The molecule has 1 aliphatic carbocycles. The molecule has 1 fully saturated rings. The Balaban J connectivity index is 1.60. The minimum absolute atomic E-state index is 0.125. The SMILES string of the molecule is O=S(=O)(c1ccc2c(c1)CCCC2)N1CCOC(c2ccccc2F)C1. The van der Waals surface area contributed by atoms with Gasteiger partial charge in [0.05, 0.1) is 17.6 Å². The number of hydrogen-bond acceptors (Lipinski definition) is 3. The van der Waals surface area contributed by atoms with Crippen molar-refractivity contribution in [2.24, 2.45) is 0 Å². The van der Waals surface area contributed by atoms with E-state index in [1.165, 1.54) is 15.9 Å². The summed E-state index contributed by atoms with van der Waals surface area (Å²) in [5.41, 5.74) is 2.79. The lowest BCUT2D eigenvalue weighted by molar-refractivity contribution is -0.00443. The fourth-order valence-electron chi connectivity index (χ4n) is 3.79. The van der Waals surface area contributed by atoms with Crippen molar-refractivity contribution in [3.8, 4) is 0 Å². The topological polar surface area (TPSA) is 46.6 Å². The number of aryl methyl sites for hydroxylation is 2. The van der Waals surface area contributed by atoms with Crippen LogP contribution in [-0.4, -0.2) is 32.4 Å². The monoisotopic (exact) mass is 375 g/mol. The standard InChI is InChI=1S/C20H22FNO3S/c21-19-8-4-3-7-18(19)20-14-22(11-12-25-20)26(23,24)17-10-9-15-5-1-2-6-16(15)13-17/h3-4,7-10,13,20H,1-2,5-6,11-12,14H2. The molecule has 0 aromatic heterocycles. The lowest BCUT2D eigenvalue weighted by Crippen LogP contribution is -2.42. The predicted molar refractivity (Wildman–Crippen MR) is 96.9 cm³/mol. The molecule has 1 aliphatic heterocycles. The fourth-order valence-corrected chi connectivity index (χ4v) is 5.26. The van der Waals surface area contributed by atoms with Gasteiger partial charge in [-0.05, 0) is 55.0 Å². The largest absolute Gasteiger partial charge is 0.371 e. The first-order chi connectivity index (χ1) is 12.6. The zero-order valence-corrected chi connectivity index (χ0v) is 15.3. The Morgan fingerprint density at radius 2 is 1.81 bits per heavy atom. The summed E-state index contributed by atoms with van der Waals surface area (Å²) in [6.45, 7) is 0.661. The van der Waals surface area contributed by atoms with Crippen LogP contribution >= 0.6 is 0 Å². The Kier molecular flexibility index (Phi) is 4.82. The van der Waals surface area contributed by atoms with Crippen LogP contribution in [0.2, 0.25) is 0 Å². The zero-order chi connectivity index (χ0) is 18.1. The van der Waals surface area contributed by atoms with E-state index >= 15 is 0 Å². The summed E-state index contributed by atoms with van der Waals surface area (Å²) in [5, 5.41) is 0. The number of benzene rings is 2. The third kappa shape index (κ3) is 3.29. The number of sulfonamides is 1. The Morgan fingerprint density at radius 3 is 2.62 bits per heavy atom. The molecule has 1 saturated heterocycles. The second-order valence-corrected chi connectivity index (χ2v) is 8.82. The molecular formula is C20H22FNO3S. The van der Waals surface area contributed by atoms with Crippen LogP contribution in [0.4, 0.5) is 4.39 Å². The number of halogens is 1. The molecule has 0 radical (unpaired) electrons. The molecule has 2 aromatic carbocycles. The van der Waals surface area contributed by atoms with Crippen LogP contribution in [0, 0.1) is 5.82 Å². The van der Waals surface area contributed by atoms with Gasteiger partial charge in [0, 0.05) is 18.7 Å². The second kappa shape index (κ2) is 7.10. The van der Waals surface area contributed by atoms with Crippen LogP contribution < -0.4 is 0 Å². The summed E-state index contributed by atoms with van der Waals surface area (Å²) in [7, 11) is -3.62. The number of morpholine rings is 1. The smallest absolute Gasteiger partial charge is 0.243 e. The van der Waals surface area contributed by atoms with Crippen LogP contribution in [-0.2, 0) is 27.6 Å². The molecule has 2 aliphatic rings. The quantitative estimate of drug-likeness (QED) is 0.825. The van der Waals surface area contributed by atoms with E-state index in [4.69, 9.17) is 4.74 Å². The lowest BCUT2D eigenvalue weighted by atomic mass is 9.92. The molecule has 1 unspecified atom stereocenters. The number of rotatable bonds is 3. The maximum absolute atomic E-state index is 14.1. The Bertz CT molecular complexity index is 913. The van der Waals surface area contributed by atoms with Crippen molar-refractivity contribution >= 4 is 10.0 Å². The molecule has 6 heteroatoms. The van der Waals surface area contributed by atoms with Gasteiger partial charge in [0.25, 0.3) is 0 Å². The molecule has 1 heterocycles. The summed E-state index contributed by atoms with van der Waals surface area (Å²) in [5.74, 6) is -0.370. The molecule has 4 nitrogen and oxygen atoms in total. The van der Waals surface area contributed by atoms with E-state index in [1.807, 2.05) is 12.1 Å². The van der Waals surface area contributed by atoms with E-state index < -0.39 is 16.1 Å². The summed E-state index contributed by atoms with van der Waals surface area (Å²) < 4.78 is 47.3. The van der Waals surface area contributed by atoms with Crippen molar-refractivity contribution in [3.05, 3.63) is 65.0 Å². The molecule has 0 amide bonds. The van der Waals surface area contributed by atoms with Crippen molar-refractivity contribution in [1.82, 2.24) is 4.31 Å². The molecule has 0 bridgehead atoms. The van der Waals surface area contributed by atoms with Gasteiger partial charge in [-0.1, -0.05) is 24.3 Å². The first-order valence-corrected chi connectivity index (χ1v) is 10.5. The predicted octanol–water partition coefficient (Wildman–Crippen LogP) is 3.47. The maximum atomic E-state index is 14.1. The molecule has 0 saturated carbocycles. The highest BCUT2D eigenvalue weighted by Crippen LogP contribution is 2.30. The molecule has 2 aromatic rings. The van der Waals surface area contributed by atoms with Crippen molar-refractivity contribution in [2.45, 2.75) is 36.7 Å². The highest BCUT2D eigenvalue weighted by molar-refractivity contribution is 7.89. The average Bonchev–Trinajstić information content (AvgIpc) is 2.68. The maximum Gasteiger partial charge on any atom is 0.243 e. The van der Waals surface area contributed by atoms with Crippen LogP contribution in [0.5, 0.6) is 0 Å². The highest BCUT2D eigenvalue weighted by Gasteiger charge is 2.32. The normalized spacial score (nSPS) is 21.3. The fraction of sp³-hybridized carbons (Fsp3) is 0.400. The highest BCUT2D eigenvalue weighted by atomic mass is 32.2. The van der Waals surface area contributed by atoms with Crippen molar-refractivity contribution < 1.29 is 17.5 Å². The molecule has 26 heavy (non-hydrogen) atoms. The van der Waals surface area contributed by atoms with Crippen LogP contribution in [0.25, 0.3) is 0 Å². The van der Waals surface area contributed by atoms with Gasteiger partial charge < -0.3 is 4.74 Å². The number of nitrogens with zero attached hydrogens (tertiary/aromatic N) is 1. The summed E-state index contributed by atoms with van der Waals surface area (Å²) in [6, 6.07) is 11.8. The average molecular weight is 375 g/mol. The van der Waals surface area contributed by atoms with Crippen LogP contribution in [0.1, 0.15) is 35.6 Å². The summed E-state index contributed by atoms with van der Waals surface area (Å²) >= 11 is 0. The Morgan fingerprint density at radius 1 is 1.04 bits per heavy atom. The van der Waals surface area contributed by atoms with Gasteiger partial charge >= 0.3 is 0 Å². The zero-order valence-electron chi connectivity index (χ0n) is 14.5. The van der Waals surface area contributed by atoms with E-state index in [-0.39, 0.29) is 25.5 Å². The third-order valence-corrected chi connectivity index (χ3v) is 7.10. The van der Waals surface area contributed by atoms with E-state index in [9.17, 15) is 12.8 Å². The van der Waals surface area contributed by atoms with Crippen LogP contribution in [0.15, 0.2) is 47.4 Å². The Labute approximate surface area is 153 Å². The van der Waals surface area contributed by atoms with E-state index in [0.29, 0.717) is 10.5 Å². The molecule has 4 rings (SSSR count). The van der Waals surface area contributed by atoms with Gasteiger partial charge in [-0.25, -0.2) is 12.8 Å². The molecule has 138 valence electrons. The van der Waals surface area contributed by atoms with Gasteiger partial charge in [0.1, 0.15) is 5.82 Å². The summed E-state index contributed by atoms with van der Waals surface area (Å²) in [4.78, 5) is 0.326. The van der Waals surface area contributed by atoms with Gasteiger partial charge in [0.15, 0.2) is 0 Å². The van der Waals surface area contributed by atoms with E-state index in [1.54, 1.807) is 24.3 Å². The minimum atomic E-state index is -3.62. The molecule has 0 N–H and O–H groups in total. The minimum Gasteiger partial charge on any atom is -0.371 e. The lowest BCUT2D eigenvalue weighted by Gasteiger charge is -2.32. The van der Waals surface area contributed by atoms with E-state index in [2.05, 4.69) is 0 Å². The van der Waals surface area contributed by atoms with Gasteiger partial charge in [-0.2, -0.15) is 4.31 Å². The first-order valence-electron chi connectivity index (χ1n) is 9.04. The van der Waals surface area contributed by atoms with E-state index in [0.717, 1.165) is 31.2 Å². The Hall–Kier alpha value is -1.76. The second-order valence-electron chi connectivity index (χ2n) is 6.88. The molecule has 1 atom stereocenters.